The Kier molecular flexibility index (Phi) is 9.29. The Labute approximate surface area is 275 Å². The summed E-state index contributed by atoms with van der Waals surface area (Å²) < 4.78 is 14.5. The smallest absolute Gasteiger partial charge is 0.247 e. The van der Waals surface area contributed by atoms with Crippen LogP contribution in [-0.4, -0.2) is 56.1 Å². The number of hydrogen-bond acceptors (Lipinski definition) is 8. The molecule has 0 spiro atoms. The summed E-state index contributed by atoms with van der Waals surface area (Å²) in [6.45, 7) is 8.71. The lowest BCUT2D eigenvalue weighted by Gasteiger charge is -2.50. The molecule has 6 rings (SSSR count). The minimum Gasteiger partial charge on any atom is -0.475 e. The fraction of sp³-hybridized carbons (Fsp3) is 0.324. The van der Waals surface area contributed by atoms with Gasteiger partial charge in [-0.05, 0) is 30.5 Å². The van der Waals surface area contributed by atoms with E-state index in [0.717, 1.165) is 16.7 Å². The number of aromatic nitrogens is 4. The van der Waals surface area contributed by atoms with E-state index in [1.165, 1.54) is 0 Å². The van der Waals surface area contributed by atoms with Crippen molar-refractivity contribution in [3.63, 3.8) is 0 Å². The molecule has 1 fully saturated rings. The molecule has 10 nitrogen and oxygen atoms in total. The van der Waals surface area contributed by atoms with Gasteiger partial charge in [0.15, 0.2) is 11.2 Å². The van der Waals surface area contributed by atoms with Crippen LogP contribution < -0.4 is 10.1 Å². The lowest BCUT2D eigenvalue weighted by atomic mass is 9.75. The molecular formula is C37H39N7O3. The van der Waals surface area contributed by atoms with E-state index in [-0.39, 0.29) is 42.3 Å². The number of ether oxygens (including phenoxy) is 2. The second-order valence-electron chi connectivity index (χ2n) is 12.3. The standard InChI is InChI=1S/C37H39N7O3/c1-25(2)34(45)41-36-40-33-32(35(42-36)46-23-26(3)20-38)39-24-44(33)31-22-43(21-27(4)47-31)37(28-14-8-5-9-15-28,29-16-10-6-11-17-29)30-18-12-7-13-19-30/h5-19,24-27,31H,21-23H2,1-4H3,(H,40,41,42,45)/t26?,27-,31+/m0/s1. The quantitative estimate of drug-likeness (QED) is 0.182. The van der Waals surface area contributed by atoms with Crippen LogP contribution in [0.3, 0.4) is 0 Å². The zero-order chi connectivity index (χ0) is 33.0. The first kappa shape index (κ1) is 31.9. The van der Waals surface area contributed by atoms with Gasteiger partial charge in [-0.25, -0.2) is 4.98 Å². The number of fused-ring (bicyclic) bond motifs is 1. The maximum absolute atomic E-state index is 12.7. The molecule has 3 atom stereocenters. The topological polar surface area (TPSA) is 118 Å². The van der Waals surface area contributed by atoms with Crippen LogP contribution in [0.5, 0.6) is 5.88 Å². The highest BCUT2D eigenvalue weighted by atomic mass is 16.5. The minimum atomic E-state index is -0.635. The number of imidazole rings is 1. The zero-order valence-electron chi connectivity index (χ0n) is 27.1. The van der Waals surface area contributed by atoms with Crippen LogP contribution in [0.25, 0.3) is 11.2 Å². The summed E-state index contributed by atoms with van der Waals surface area (Å²) in [6, 6.07) is 33.9. The zero-order valence-corrected chi connectivity index (χ0v) is 27.1. The summed E-state index contributed by atoms with van der Waals surface area (Å²) in [5.74, 6) is -0.568. The van der Waals surface area contributed by atoms with Crippen molar-refractivity contribution in [3.05, 3.63) is 114 Å². The Hall–Kier alpha value is -5.11. The van der Waals surface area contributed by atoms with E-state index in [4.69, 9.17) is 14.5 Å². The molecule has 1 aliphatic rings. The molecule has 1 aliphatic heterocycles. The number of rotatable bonds is 10. The van der Waals surface area contributed by atoms with E-state index < -0.39 is 11.8 Å². The monoisotopic (exact) mass is 629 g/mol. The summed E-state index contributed by atoms with van der Waals surface area (Å²) in [7, 11) is 0. The Morgan fingerprint density at radius 3 is 2.06 bits per heavy atom. The fourth-order valence-corrected chi connectivity index (χ4v) is 6.19. The van der Waals surface area contributed by atoms with Crippen LogP contribution in [0.2, 0.25) is 0 Å². The molecule has 240 valence electrons. The van der Waals surface area contributed by atoms with Crippen LogP contribution in [0, 0.1) is 23.2 Å². The molecule has 3 aromatic carbocycles. The Morgan fingerprint density at radius 1 is 0.957 bits per heavy atom. The van der Waals surface area contributed by atoms with Gasteiger partial charge in [0.2, 0.25) is 17.7 Å². The van der Waals surface area contributed by atoms with E-state index in [0.29, 0.717) is 24.3 Å². The number of hydrogen-bond donors (Lipinski definition) is 1. The summed E-state index contributed by atoms with van der Waals surface area (Å²) in [5.41, 5.74) is 3.68. The lowest BCUT2D eigenvalue weighted by molar-refractivity contribution is -0.128. The first-order valence-corrected chi connectivity index (χ1v) is 16.0. The molecule has 1 unspecified atom stereocenters. The van der Waals surface area contributed by atoms with Crippen LogP contribution in [-0.2, 0) is 15.1 Å². The highest BCUT2D eigenvalue weighted by Gasteiger charge is 2.46. The maximum Gasteiger partial charge on any atom is 0.247 e. The largest absolute Gasteiger partial charge is 0.475 e. The third-order valence-electron chi connectivity index (χ3n) is 8.44. The predicted molar refractivity (Wildman–Crippen MR) is 179 cm³/mol. The second-order valence-corrected chi connectivity index (χ2v) is 12.3. The summed E-state index contributed by atoms with van der Waals surface area (Å²) in [4.78, 5) is 29.0. The number of carbonyl (C=O) groups is 1. The molecular weight excluding hydrogens is 590 g/mol. The van der Waals surface area contributed by atoms with Gasteiger partial charge in [0.05, 0.1) is 30.0 Å². The van der Waals surface area contributed by atoms with Crippen molar-refractivity contribution in [2.75, 3.05) is 25.0 Å². The summed E-state index contributed by atoms with van der Waals surface area (Å²) in [6.07, 6.45) is 1.04. The average Bonchev–Trinajstić information content (AvgIpc) is 3.53. The number of anilines is 1. The van der Waals surface area contributed by atoms with Crippen LogP contribution in [0.1, 0.15) is 50.6 Å². The van der Waals surface area contributed by atoms with Gasteiger partial charge in [-0.3, -0.25) is 19.6 Å². The molecule has 0 aliphatic carbocycles. The van der Waals surface area contributed by atoms with Crippen LogP contribution in [0.15, 0.2) is 97.3 Å². The molecule has 3 heterocycles. The molecule has 10 heteroatoms. The lowest BCUT2D eigenvalue weighted by Crippen LogP contribution is -2.56. The van der Waals surface area contributed by atoms with E-state index in [2.05, 4.69) is 106 Å². The number of benzene rings is 3. The SMILES string of the molecule is CC(C#N)COc1nc(NC(=O)C(C)C)nc2c1ncn2[C@H]1CN(C(c2ccccc2)(c2ccccc2)c2ccccc2)C[C@H](C)O1. The second kappa shape index (κ2) is 13.7. The first-order valence-electron chi connectivity index (χ1n) is 16.0. The molecule has 1 amide bonds. The Morgan fingerprint density at radius 2 is 1.53 bits per heavy atom. The molecule has 0 bridgehead atoms. The van der Waals surface area contributed by atoms with Crippen molar-refractivity contribution in [1.29, 1.82) is 5.26 Å². The van der Waals surface area contributed by atoms with Crippen LogP contribution in [0.4, 0.5) is 5.95 Å². The molecule has 47 heavy (non-hydrogen) atoms. The number of nitrogens with one attached hydrogen (secondary N) is 1. The molecule has 2 aromatic heterocycles. The van der Waals surface area contributed by atoms with Gasteiger partial charge < -0.3 is 9.47 Å². The number of morpholine rings is 1. The highest BCUT2D eigenvalue weighted by molar-refractivity contribution is 5.91. The molecule has 5 aromatic rings. The number of nitriles is 1. The number of nitrogens with zero attached hydrogens (tertiary/aromatic N) is 6. The normalized spacial score (nSPS) is 17.7. The summed E-state index contributed by atoms with van der Waals surface area (Å²) in [5, 5.41) is 12.1. The molecule has 0 saturated carbocycles. The maximum atomic E-state index is 12.7. The average molecular weight is 630 g/mol. The number of carbonyl (C=O) groups excluding carboxylic acids is 1. The third kappa shape index (κ3) is 6.32. The van der Waals surface area contributed by atoms with Gasteiger partial charge in [-0.1, -0.05) is 105 Å². The van der Waals surface area contributed by atoms with Crippen LogP contribution >= 0.6 is 0 Å². The van der Waals surface area contributed by atoms with E-state index >= 15 is 0 Å². The number of amides is 1. The Balaban J connectivity index is 1.48. The van der Waals surface area contributed by atoms with Crippen molar-refractivity contribution < 1.29 is 14.3 Å². The molecule has 1 saturated heterocycles. The predicted octanol–water partition coefficient (Wildman–Crippen LogP) is 6.17. The van der Waals surface area contributed by atoms with Gasteiger partial charge in [-0.15, -0.1) is 0 Å². The van der Waals surface area contributed by atoms with Crippen molar-refractivity contribution in [2.24, 2.45) is 11.8 Å². The minimum absolute atomic E-state index is 0.102. The van der Waals surface area contributed by atoms with Gasteiger partial charge >= 0.3 is 0 Å². The van der Waals surface area contributed by atoms with Gasteiger partial charge in [0, 0.05) is 19.0 Å². The van der Waals surface area contributed by atoms with E-state index in [1.54, 1.807) is 27.1 Å². The van der Waals surface area contributed by atoms with Gasteiger partial charge in [0.1, 0.15) is 12.8 Å². The first-order chi connectivity index (χ1) is 22.8. The van der Waals surface area contributed by atoms with Crippen molar-refractivity contribution in [3.8, 4) is 11.9 Å². The van der Waals surface area contributed by atoms with E-state index in [1.807, 2.05) is 22.8 Å². The van der Waals surface area contributed by atoms with Crippen molar-refractivity contribution in [1.82, 2.24) is 24.4 Å². The summed E-state index contributed by atoms with van der Waals surface area (Å²) >= 11 is 0. The van der Waals surface area contributed by atoms with Gasteiger partial charge in [-0.2, -0.15) is 15.2 Å². The fourth-order valence-electron chi connectivity index (χ4n) is 6.19. The molecule has 1 N–H and O–H groups in total. The van der Waals surface area contributed by atoms with Crippen molar-refractivity contribution >= 4 is 23.0 Å². The highest BCUT2D eigenvalue weighted by Crippen LogP contribution is 2.45. The van der Waals surface area contributed by atoms with Crippen molar-refractivity contribution in [2.45, 2.75) is 45.6 Å². The van der Waals surface area contributed by atoms with E-state index in [9.17, 15) is 10.1 Å². The Bertz CT molecular complexity index is 1760. The molecule has 0 radical (unpaired) electrons. The van der Waals surface area contributed by atoms with Gasteiger partial charge in [0.25, 0.3) is 0 Å². The third-order valence-corrected chi connectivity index (χ3v) is 8.44.